The predicted octanol–water partition coefficient (Wildman–Crippen LogP) is 3.22. The fourth-order valence-corrected chi connectivity index (χ4v) is 2.44. The summed E-state index contributed by atoms with van der Waals surface area (Å²) in [5.41, 5.74) is 1.44. The fourth-order valence-electron chi connectivity index (χ4n) is 2.44. The van der Waals surface area contributed by atoms with Gasteiger partial charge in [-0.25, -0.2) is 4.98 Å². The standard InChI is InChI=1S/C18H19N3O2/c1-14(9-10-16-8-5-11-23-16)20-18(22)17-12-19-13-21(17)15-6-3-2-4-7-15/h2-8,11-14H,9-10H2,1H3,(H,20,22). The van der Waals surface area contributed by atoms with Crippen molar-refractivity contribution in [3.8, 4) is 5.69 Å². The summed E-state index contributed by atoms with van der Waals surface area (Å²) in [6, 6.07) is 13.6. The van der Waals surface area contributed by atoms with Crippen LogP contribution < -0.4 is 5.32 Å². The topological polar surface area (TPSA) is 60.1 Å². The van der Waals surface area contributed by atoms with E-state index in [2.05, 4.69) is 10.3 Å². The van der Waals surface area contributed by atoms with Gasteiger partial charge in [0.05, 0.1) is 18.8 Å². The first-order chi connectivity index (χ1) is 11.2. The van der Waals surface area contributed by atoms with E-state index in [1.807, 2.05) is 49.4 Å². The molecule has 5 nitrogen and oxygen atoms in total. The van der Waals surface area contributed by atoms with Gasteiger partial charge >= 0.3 is 0 Å². The van der Waals surface area contributed by atoms with E-state index < -0.39 is 0 Å². The lowest BCUT2D eigenvalue weighted by Crippen LogP contribution is -2.34. The molecule has 23 heavy (non-hydrogen) atoms. The van der Waals surface area contributed by atoms with E-state index in [0.717, 1.165) is 24.3 Å². The van der Waals surface area contributed by atoms with Crippen molar-refractivity contribution in [1.82, 2.24) is 14.9 Å². The number of hydrogen-bond acceptors (Lipinski definition) is 3. The molecule has 0 fully saturated rings. The molecule has 5 heteroatoms. The highest BCUT2D eigenvalue weighted by molar-refractivity contribution is 5.93. The average Bonchev–Trinajstić information content (AvgIpc) is 3.25. The van der Waals surface area contributed by atoms with Crippen molar-refractivity contribution in [2.45, 2.75) is 25.8 Å². The first-order valence-corrected chi connectivity index (χ1v) is 7.65. The van der Waals surface area contributed by atoms with Gasteiger partial charge < -0.3 is 9.73 Å². The number of benzene rings is 1. The smallest absolute Gasteiger partial charge is 0.270 e. The number of imidazole rings is 1. The lowest BCUT2D eigenvalue weighted by molar-refractivity contribution is 0.0931. The van der Waals surface area contributed by atoms with E-state index in [-0.39, 0.29) is 11.9 Å². The Balaban J connectivity index is 1.63. The number of carbonyl (C=O) groups is 1. The number of rotatable bonds is 6. The summed E-state index contributed by atoms with van der Waals surface area (Å²) in [7, 11) is 0. The molecule has 1 amide bonds. The molecule has 1 atom stereocenters. The quantitative estimate of drug-likeness (QED) is 0.760. The molecule has 0 saturated carbocycles. The Hall–Kier alpha value is -2.82. The Morgan fingerprint density at radius 1 is 1.26 bits per heavy atom. The molecule has 1 aromatic carbocycles. The zero-order valence-corrected chi connectivity index (χ0v) is 13.0. The summed E-state index contributed by atoms with van der Waals surface area (Å²) < 4.78 is 7.10. The van der Waals surface area contributed by atoms with Gasteiger partial charge in [-0.2, -0.15) is 0 Å². The Morgan fingerprint density at radius 3 is 2.83 bits per heavy atom. The lowest BCUT2D eigenvalue weighted by Gasteiger charge is -2.14. The number of aryl methyl sites for hydroxylation is 1. The Labute approximate surface area is 135 Å². The average molecular weight is 309 g/mol. The largest absolute Gasteiger partial charge is 0.469 e. The van der Waals surface area contributed by atoms with Gasteiger partial charge in [-0.1, -0.05) is 18.2 Å². The minimum Gasteiger partial charge on any atom is -0.469 e. The molecule has 0 aliphatic heterocycles. The molecular weight excluding hydrogens is 290 g/mol. The van der Waals surface area contributed by atoms with Crippen LogP contribution in [0.4, 0.5) is 0 Å². The summed E-state index contributed by atoms with van der Waals surface area (Å²) in [6.45, 7) is 1.99. The van der Waals surface area contributed by atoms with Crippen LogP contribution in [-0.4, -0.2) is 21.5 Å². The van der Waals surface area contributed by atoms with Crippen molar-refractivity contribution >= 4 is 5.91 Å². The van der Waals surface area contributed by atoms with Crippen molar-refractivity contribution < 1.29 is 9.21 Å². The number of nitrogens with zero attached hydrogens (tertiary/aromatic N) is 2. The fraction of sp³-hybridized carbons (Fsp3) is 0.222. The highest BCUT2D eigenvalue weighted by Crippen LogP contribution is 2.11. The number of furan rings is 1. The number of hydrogen-bond donors (Lipinski definition) is 1. The summed E-state index contributed by atoms with van der Waals surface area (Å²) in [5, 5.41) is 3.01. The number of aromatic nitrogens is 2. The highest BCUT2D eigenvalue weighted by Gasteiger charge is 2.15. The molecule has 3 aromatic rings. The molecule has 0 radical (unpaired) electrons. The maximum absolute atomic E-state index is 12.5. The van der Waals surface area contributed by atoms with E-state index >= 15 is 0 Å². The maximum atomic E-state index is 12.5. The second-order valence-corrected chi connectivity index (χ2v) is 5.48. The second-order valence-electron chi connectivity index (χ2n) is 5.48. The molecule has 3 rings (SSSR count). The number of amides is 1. The predicted molar refractivity (Wildman–Crippen MR) is 87.5 cm³/mol. The van der Waals surface area contributed by atoms with Gasteiger partial charge in [-0.3, -0.25) is 9.36 Å². The minimum atomic E-state index is -0.127. The van der Waals surface area contributed by atoms with Gasteiger partial charge in [0.2, 0.25) is 0 Å². The number of carbonyl (C=O) groups excluding carboxylic acids is 1. The van der Waals surface area contributed by atoms with E-state index in [9.17, 15) is 4.79 Å². The molecule has 2 aromatic heterocycles. The normalized spacial score (nSPS) is 12.0. The van der Waals surface area contributed by atoms with Crippen molar-refractivity contribution in [2.75, 3.05) is 0 Å². The molecule has 0 spiro atoms. The van der Waals surface area contributed by atoms with Crippen LogP contribution in [0.1, 0.15) is 29.6 Å². The van der Waals surface area contributed by atoms with Crippen LogP contribution in [0.3, 0.4) is 0 Å². The van der Waals surface area contributed by atoms with Crippen LogP contribution in [0.5, 0.6) is 0 Å². The van der Waals surface area contributed by atoms with E-state index in [1.54, 1.807) is 23.4 Å². The monoisotopic (exact) mass is 309 g/mol. The van der Waals surface area contributed by atoms with Gasteiger partial charge in [0.1, 0.15) is 11.5 Å². The molecule has 0 aliphatic carbocycles. The minimum absolute atomic E-state index is 0.0479. The zero-order chi connectivity index (χ0) is 16.1. The van der Waals surface area contributed by atoms with Crippen molar-refractivity contribution in [2.24, 2.45) is 0 Å². The van der Waals surface area contributed by atoms with Crippen LogP contribution in [0.15, 0.2) is 65.7 Å². The molecule has 0 bridgehead atoms. The highest BCUT2D eigenvalue weighted by atomic mass is 16.3. The first kappa shape index (κ1) is 15.1. The SMILES string of the molecule is CC(CCc1ccco1)NC(=O)c1cncn1-c1ccccc1. The molecular formula is C18H19N3O2. The third-order valence-corrected chi connectivity index (χ3v) is 3.69. The molecule has 0 aliphatic rings. The molecule has 0 saturated heterocycles. The van der Waals surface area contributed by atoms with Gasteiger partial charge in [-0.05, 0) is 37.6 Å². The molecule has 1 unspecified atom stereocenters. The van der Waals surface area contributed by atoms with E-state index in [1.165, 1.54) is 0 Å². The molecule has 2 heterocycles. The van der Waals surface area contributed by atoms with Gasteiger partial charge in [0.15, 0.2) is 0 Å². The maximum Gasteiger partial charge on any atom is 0.270 e. The Morgan fingerprint density at radius 2 is 2.09 bits per heavy atom. The summed E-state index contributed by atoms with van der Waals surface area (Å²) in [6.07, 6.45) is 6.52. The molecule has 118 valence electrons. The van der Waals surface area contributed by atoms with Crippen LogP contribution >= 0.6 is 0 Å². The third kappa shape index (κ3) is 3.69. The van der Waals surface area contributed by atoms with Gasteiger partial charge in [0.25, 0.3) is 5.91 Å². The van der Waals surface area contributed by atoms with Crippen LogP contribution in [0.2, 0.25) is 0 Å². The van der Waals surface area contributed by atoms with Crippen molar-refractivity contribution in [3.05, 3.63) is 72.7 Å². The summed E-state index contributed by atoms with van der Waals surface area (Å²) >= 11 is 0. The van der Waals surface area contributed by atoms with Crippen LogP contribution in [-0.2, 0) is 6.42 Å². The van der Waals surface area contributed by atoms with E-state index in [0.29, 0.717) is 5.69 Å². The lowest BCUT2D eigenvalue weighted by atomic mass is 10.1. The Kier molecular flexibility index (Phi) is 4.57. The van der Waals surface area contributed by atoms with Gasteiger partial charge in [-0.15, -0.1) is 0 Å². The third-order valence-electron chi connectivity index (χ3n) is 3.69. The van der Waals surface area contributed by atoms with Crippen LogP contribution in [0, 0.1) is 0 Å². The van der Waals surface area contributed by atoms with Crippen molar-refractivity contribution in [1.29, 1.82) is 0 Å². The summed E-state index contributed by atoms with van der Waals surface area (Å²) in [5.74, 6) is 0.804. The van der Waals surface area contributed by atoms with Crippen molar-refractivity contribution in [3.63, 3.8) is 0 Å². The number of nitrogens with one attached hydrogen (secondary N) is 1. The molecule has 1 N–H and O–H groups in total. The van der Waals surface area contributed by atoms with Gasteiger partial charge in [0, 0.05) is 18.2 Å². The zero-order valence-electron chi connectivity index (χ0n) is 13.0. The van der Waals surface area contributed by atoms with Crippen LogP contribution in [0.25, 0.3) is 5.69 Å². The summed E-state index contributed by atoms with van der Waals surface area (Å²) in [4.78, 5) is 16.6. The number of para-hydroxylation sites is 1. The second kappa shape index (κ2) is 6.96. The first-order valence-electron chi connectivity index (χ1n) is 7.65. The Bertz CT molecular complexity index is 748. The van der Waals surface area contributed by atoms with E-state index in [4.69, 9.17) is 4.42 Å².